The molecule has 0 saturated heterocycles. The Labute approximate surface area is 195 Å². The fraction of sp³-hybridized carbons (Fsp3) is 0.286. The summed E-state index contributed by atoms with van der Waals surface area (Å²) >= 11 is 0. The minimum Gasteiger partial charge on any atom is -0.350 e. The number of carbonyl (C=O) groups excluding carboxylic acids is 2. The van der Waals surface area contributed by atoms with Gasteiger partial charge in [0.2, 0.25) is 11.8 Å². The Morgan fingerprint density at radius 3 is 2.06 bits per heavy atom. The van der Waals surface area contributed by atoms with Crippen molar-refractivity contribution in [3.63, 3.8) is 0 Å². The van der Waals surface area contributed by atoms with Gasteiger partial charge in [0.1, 0.15) is 11.9 Å². The molecule has 0 aliphatic heterocycles. The van der Waals surface area contributed by atoms with Crippen LogP contribution in [0.4, 0.5) is 4.39 Å². The molecule has 4 nitrogen and oxygen atoms in total. The van der Waals surface area contributed by atoms with E-state index in [0.717, 1.165) is 22.3 Å². The Bertz CT molecular complexity index is 1050. The van der Waals surface area contributed by atoms with Gasteiger partial charge in [-0.2, -0.15) is 0 Å². The van der Waals surface area contributed by atoms with Gasteiger partial charge in [0.15, 0.2) is 0 Å². The van der Waals surface area contributed by atoms with E-state index in [4.69, 9.17) is 0 Å². The van der Waals surface area contributed by atoms with E-state index in [1.807, 2.05) is 75.4 Å². The summed E-state index contributed by atoms with van der Waals surface area (Å²) in [5, 5.41) is 3.02. The summed E-state index contributed by atoms with van der Waals surface area (Å²) < 4.78 is 13.4. The van der Waals surface area contributed by atoms with Gasteiger partial charge in [0, 0.05) is 25.4 Å². The summed E-state index contributed by atoms with van der Waals surface area (Å²) in [6.07, 6.45) is 0.389. The van der Waals surface area contributed by atoms with Crippen LogP contribution in [0.25, 0.3) is 0 Å². The Hall–Kier alpha value is -3.47. The van der Waals surface area contributed by atoms with Gasteiger partial charge >= 0.3 is 0 Å². The van der Waals surface area contributed by atoms with Gasteiger partial charge in [-0.3, -0.25) is 9.59 Å². The van der Waals surface area contributed by atoms with Crippen LogP contribution in [0.1, 0.15) is 36.1 Å². The van der Waals surface area contributed by atoms with Gasteiger partial charge in [-0.25, -0.2) is 4.39 Å². The molecule has 0 heterocycles. The van der Waals surface area contributed by atoms with Crippen LogP contribution in [0.3, 0.4) is 0 Å². The van der Waals surface area contributed by atoms with E-state index in [-0.39, 0.29) is 30.1 Å². The third kappa shape index (κ3) is 7.01. The minimum absolute atomic E-state index is 0.120. The Kier molecular flexibility index (Phi) is 8.36. The normalized spacial score (nSPS) is 11.8. The molecule has 0 aliphatic rings. The monoisotopic (exact) mass is 446 g/mol. The second-order valence-corrected chi connectivity index (χ2v) is 8.66. The molecule has 0 radical (unpaired) electrons. The molecule has 0 saturated carbocycles. The summed E-state index contributed by atoms with van der Waals surface area (Å²) in [6.45, 7) is 6.27. The number of carbonyl (C=O) groups is 2. The summed E-state index contributed by atoms with van der Waals surface area (Å²) in [4.78, 5) is 28.3. The lowest BCUT2D eigenvalue weighted by molar-refractivity contribution is -0.143. The van der Waals surface area contributed by atoms with E-state index in [9.17, 15) is 14.0 Å². The Balaban J connectivity index is 1.88. The highest BCUT2D eigenvalue weighted by molar-refractivity contribution is 5.88. The number of aryl methyl sites for hydroxylation is 1. The first kappa shape index (κ1) is 24.2. The van der Waals surface area contributed by atoms with Crippen molar-refractivity contribution in [2.75, 3.05) is 0 Å². The first-order valence-electron chi connectivity index (χ1n) is 11.3. The maximum Gasteiger partial charge on any atom is 0.243 e. The second-order valence-electron chi connectivity index (χ2n) is 8.66. The quantitative estimate of drug-likeness (QED) is 0.500. The van der Waals surface area contributed by atoms with Crippen molar-refractivity contribution in [2.45, 2.75) is 46.3 Å². The van der Waals surface area contributed by atoms with E-state index in [2.05, 4.69) is 5.32 Å². The predicted molar refractivity (Wildman–Crippen MR) is 129 cm³/mol. The fourth-order valence-corrected chi connectivity index (χ4v) is 3.65. The zero-order chi connectivity index (χ0) is 23.8. The minimum atomic E-state index is -0.696. The van der Waals surface area contributed by atoms with Gasteiger partial charge in [0.25, 0.3) is 0 Å². The molecule has 33 heavy (non-hydrogen) atoms. The molecule has 1 atom stereocenters. The first-order valence-corrected chi connectivity index (χ1v) is 11.3. The van der Waals surface area contributed by atoms with Gasteiger partial charge in [-0.05, 0) is 35.7 Å². The van der Waals surface area contributed by atoms with Gasteiger partial charge in [-0.1, -0.05) is 86.1 Å². The fourth-order valence-electron chi connectivity index (χ4n) is 3.65. The summed E-state index contributed by atoms with van der Waals surface area (Å²) in [7, 11) is 0. The number of amides is 2. The molecule has 1 unspecified atom stereocenters. The third-order valence-electron chi connectivity index (χ3n) is 5.58. The van der Waals surface area contributed by atoms with Crippen molar-refractivity contribution in [3.05, 3.63) is 107 Å². The number of hydrogen-bond acceptors (Lipinski definition) is 2. The van der Waals surface area contributed by atoms with E-state index in [1.54, 1.807) is 17.0 Å². The zero-order valence-corrected chi connectivity index (χ0v) is 19.4. The highest BCUT2D eigenvalue weighted by Gasteiger charge is 2.31. The molecule has 1 N–H and O–H groups in total. The van der Waals surface area contributed by atoms with Crippen LogP contribution in [0.2, 0.25) is 0 Å². The molecule has 5 heteroatoms. The molecule has 0 bridgehead atoms. The molecule has 3 rings (SSSR count). The lowest BCUT2D eigenvalue weighted by atomic mass is 10.0. The average Bonchev–Trinajstić information content (AvgIpc) is 2.82. The highest BCUT2D eigenvalue weighted by atomic mass is 19.1. The number of nitrogens with one attached hydrogen (secondary N) is 1. The number of nitrogens with zero attached hydrogens (tertiary/aromatic N) is 1. The van der Waals surface area contributed by atoms with Crippen LogP contribution in [0.5, 0.6) is 0 Å². The highest BCUT2D eigenvalue weighted by Crippen LogP contribution is 2.18. The molecule has 3 aromatic carbocycles. The maximum absolute atomic E-state index is 13.4. The molecule has 2 amide bonds. The number of halogens is 1. The van der Waals surface area contributed by atoms with Crippen LogP contribution in [0, 0.1) is 18.7 Å². The van der Waals surface area contributed by atoms with Crippen LogP contribution in [-0.4, -0.2) is 22.8 Å². The zero-order valence-electron chi connectivity index (χ0n) is 19.4. The average molecular weight is 447 g/mol. The third-order valence-corrected chi connectivity index (χ3v) is 5.58. The van der Waals surface area contributed by atoms with Gasteiger partial charge in [0.05, 0.1) is 0 Å². The van der Waals surface area contributed by atoms with Crippen molar-refractivity contribution in [2.24, 2.45) is 5.92 Å². The van der Waals surface area contributed by atoms with Gasteiger partial charge in [-0.15, -0.1) is 0 Å². The van der Waals surface area contributed by atoms with Crippen molar-refractivity contribution >= 4 is 11.8 Å². The molecular formula is C28H31FN2O2. The van der Waals surface area contributed by atoms with E-state index in [0.29, 0.717) is 13.0 Å². The lowest BCUT2D eigenvalue weighted by Crippen LogP contribution is -2.51. The number of benzene rings is 3. The van der Waals surface area contributed by atoms with Crippen molar-refractivity contribution in [1.29, 1.82) is 0 Å². The van der Waals surface area contributed by atoms with Crippen LogP contribution < -0.4 is 5.32 Å². The molecule has 0 fully saturated rings. The second kappa shape index (κ2) is 11.4. The summed E-state index contributed by atoms with van der Waals surface area (Å²) in [6, 6.07) is 23.0. The van der Waals surface area contributed by atoms with Crippen molar-refractivity contribution < 1.29 is 14.0 Å². The maximum atomic E-state index is 13.4. The topological polar surface area (TPSA) is 49.4 Å². The van der Waals surface area contributed by atoms with Crippen molar-refractivity contribution in [3.8, 4) is 0 Å². The molecule has 0 spiro atoms. The summed E-state index contributed by atoms with van der Waals surface area (Å²) in [5.74, 6) is -0.952. The largest absolute Gasteiger partial charge is 0.350 e. The molecule has 172 valence electrons. The van der Waals surface area contributed by atoms with Crippen LogP contribution >= 0.6 is 0 Å². The van der Waals surface area contributed by atoms with Crippen molar-refractivity contribution in [1.82, 2.24) is 10.2 Å². The van der Waals surface area contributed by atoms with E-state index in [1.165, 1.54) is 12.1 Å². The standard InChI is InChI=1S/C28H31FN2O2/c1-20(2)28(33)31(19-24-13-15-25(29)16-14-24)26(17-22-7-5-4-6-8-22)27(32)30-18-23-11-9-21(3)10-12-23/h4-16,20,26H,17-19H2,1-3H3,(H,30,32). The Morgan fingerprint density at radius 1 is 0.848 bits per heavy atom. The van der Waals surface area contributed by atoms with E-state index < -0.39 is 6.04 Å². The summed E-state index contributed by atoms with van der Waals surface area (Å²) in [5.41, 5.74) is 3.89. The van der Waals surface area contributed by atoms with Crippen LogP contribution in [-0.2, 0) is 29.1 Å². The first-order chi connectivity index (χ1) is 15.8. The number of hydrogen-bond donors (Lipinski definition) is 1. The predicted octanol–water partition coefficient (Wildman–Crippen LogP) is 5.05. The molecule has 0 aliphatic carbocycles. The number of rotatable bonds is 9. The van der Waals surface area contributed by atoms with Crippen LogP contribution in [0.15, 0.2) is 78.9 Å². The lowest BCUT2D eigenvalue weighted by Gasteiger charge is -2.33. The Morgan fingerprint density at radius 2 is 1.45 bits per heavy atom. The molecule has 0 aromatic heterocycles. The smallest absolute Gasteiger partial charge is 0.243 e. The molecular weight excluding hydrogens is 415 g/mol. The van der Waals surface area contributed by atoms with E-state index >= 15 is 0 Å². The molecule has 3 aromatic rings. The van der Waals surface area contributed by atoms with Gasteiger partial charge < -0.3 is 10.2 Å². The SMILES string of the molecule is Cc1ccc(CNC(=O)C(Cc2ccccc2)N(Cc2ccc(F)cc2)C(=O)C(C)C)cc1.